The number of halogens is 3. The smallest absolute Gasteiger partial charge is 0.262 e. The van der Waals surface area contributed by atoms with E-state index in [0.717, 1.165) is 0 Å². The van der Waals surface area contributed by atoms with E-state index in [9.17, 15) is 13.6 Å². The minimum absolute atomic E-state index is 0.0167. The van der Waals surface area contributed by atoms with Gasteiger partial charge >= 0.3 is 0 Å². The average molecular weight is 345 g/mol. The van der Waals surface area contributed by atoms with E-state index in [1.54, 1.807) is 11.0 Å². The van der Waals surface area contributed by atoms with Gasteiger partial charge in [-0.15, -0.1) is 0 Å². The number of piperidine rings is 1. The zero-order chi connectivity index (χ0) is 16.4. The number of alkyl halides is 2. The standard InChI is InChI=1S/C16H19ClF2N2O2/c17-12-3-1-2-4-14(12)23-11-5-7-21(8-6-11)15(22)13-9-16(18,19)10-20-13/h1-4,11,13,20H,5-10H2. The molecule has 23 heavy (non-hydrogen) atoms. The number of para-hydroxylation sites is 1. The Kier molecular flexibility index (Phi) is 4.73. The number of nitrogens with one attached hydrogen (secondary N) is 1. The van der Waals surface area contributed by atoms with E-state index in [-0.39, 0.29) is 12.0 Å². The van der Waals surface area contributed by atoms with Crippen molar-refractivity contribution in [3.05, 3.63) is 29.3 Å². The summed E-state index contributed by atoms with van der Waals surface area (Å²) in [4.78, 5) is 13.9. The number of amides is 1. The molecule has 7 heteroatoms. The molecule has 0 aliphatic carbocycles. The summed E-state index contributed by atoms with van der Waals surface area (Å²) < 4.78 is 32.3. The van der Waals surface area contributed by atoms with Crippen molar-refractivity contribution in [1.82, 2.24) is 10.2 Å². The minimum Gasteiger partial charge on any atom is -0.489 e. The Labute approximate surface area is 138 Å². The number of hydrogen-bond acceptors (Lipinski definition) is 3. The van der Waals surface area contributed by atoms with E-state index < -0.39 is 24.9 Å². The number of benzene rings is 1. The van der Waals surface area contributed by atoms with Gasteiger partial charge in [0.15, 0.2) is 0 Å². The van der Waals surface area contributed by atoms with Crippen LogP contribution in [0.4, 0.5) is 8.78 Å². The molecule has 1 amide bonds. The molecule has 2 saturated heterocycles. The molecule has 1 unspecified atom stereocenters. The van der Waals surface area contributed by atoms with Gasteiger partial charge in [0.25, 0.3) is 5.92 Å². The second-order valence-electron chi connectivity index (χ2n) is 6.07. The number of carbonyl (C=O) groups excluding carboxylic acids is 1. The second kappa shape index (κ2) is 6.61. The molecule has 1 aromatic carbocycles. The quantitative estimate of drug-likeness (QED) is 0.916. The predicted octanol–water partition coefficient (Wildman–Crippen LogP) is 2.71. The summed E-state index contributed by atoms with van der Waals surface area (Å²) in [5, 5.41) is 3.17. The Balaban J connectivity index is 1.51. The SMILES string of the molecule is O=C(C1CC(F)(F)CN1)N1CCC(Oc2ccccc2Cl)CC1. The second-order valence-corrected chi connectivity index (χ2v) is 6.47. The first-order valence-electron chi connectivity index (χ1n) is 7.76. The van der Waals surface area contributed by atoms with Crippen LogP contribution in [-0.2, 0) is 4.79 Å². The number of ether oxygens (including phenoxy) is 1. The highest BCUT2D eigenvalue weighted by molar-refractivity contribution is 6.32. The van der Waals surface area contributed by atoms with E-state index in [4.69, 9.17) is 16.3 Å². The van der Waals surface area contributed by atoms with Gasteiger partial charge in [0, 0.05) is 32.4 Å². The van der Waals surface area contributed by atoms with Gasteiger partial charge in [0.2, 0.25) is 5.91 Å². The van der Waals surface area contributed by atoms with Crippen molar-refractivity contribution in [2.24, 2.45) is 0 Å². The third-order valence-corrected chi connectivity index (χ3v) is 4.60. The van der Waals surface area contributed by atoms with Crippen LogP contribution in [0.2, 0.25) is 5.02 Å². The highest BCUT2D eigenvalue weighted by atomic mass is 35.5. The van der Waals surface area contributed by atoms with Crippen LogP contribution in [0.5, 0.6) is 5.75 Å². The molecule has 2 aliphatic heterocycles. The third kappa shape index (κ3) is 3.93. The van der Waals surface area contributed by atoms with Gasteiger partial charge < -0.3 is 9.64 Å². The molecule has 1 N–H and O–H groups in total. The summed E-state index contributed by atoms with van der Waals surface area (Å²) in [5.41, 5.74) is 0. The molecular formula is C16H19ClF2N2O2. The fourth-order valence-corrected chi connectivity index (χ4v) is 3.20. The van der Waals surface area contributed by atoms with E-state index in [2.05, 4.69) is 5.32 Å². The van der Waals surface area contributed by atoms with Crippen LogP contribution in [0.3, 0.4) is 0 Å². The van der Waals surface area contributed by atoms with Gasteiger partial charge in [-0.05, 0) is 12.1 Å². The Bertz CT molecular complexity index is 577. The largest absolute Gasteiger partial charge is 0.489 e. The van der Waals surface area contributed by atoms with E-state index in [1.165, 1.54) is 0 Å². The molecule has 0 radical (unpaired) electrons. The summed E-state index contributed by atoms with van der Waals surface area (Å²) in [6.45, 7) is 0.602. The first-order chi connectivity index (χ1) is 10.9. The zero-order valence-electron chi connectivity index (χ0n) is 12.6. The molecule has 0 bridgehead atoms. The fourth-order valence-electron chi connectivity index (χ4n) is 3.02. The molecule has 1 aromatic rings. The molecule has 2 heterocycles. The first-order valence-corrected chi connectivity index (χ1v) is 8.14. The maximum absolute atomic E-state index is 13.2. The number of rotatable bonds is 3. The molecular weight excluding hydrogens is 326 g/mol. The Hall–Kier alpha value is -1.40. The van der Waals surface area contributed by atoms with Gasteiger partial charge in [0.1, 0.15) is 11.9 Å². The topological polar surface area (TPSA) is 41.6 Å². The lowest BCUT2D eigenvalue weighted by Gasteiger charge is -2.33. The molecule has 1 atom stereocenters. The summed E-state index contributed by atoms with van der Waals surface area (Å²) >= 11 is 6.07. The average Bonchev–Trinajstić information content (AvgIpc) is 2.90. The first kappa shape index (κ1) is 16.5. The summed E-state index contributed by atoms with van der Waals surface area (Å²) in [5.74, 6) is -2.39. The van der Waals surface area contributed by atoms with Crippen LogP contribution in [0.1, 0.15) is 19.3 Å². The van der Waals surface area contributed by atoms with Crippen molar-refractivity contribution < 1.29 is 18.3 Å². The van der Waals surface area contributed by atoms with Crippen molar-refractivity contribution in [2.75, 3.05) is 19.6 Å². The van der Waals surface area contributed by atoms with Crippen molar-refractivity contribution in [2.45, 2.75) is 37.3 Å². The number of carbonyl (C=O) groups is 1. The molecule has 0 spiro atoms. The maximum atomic E-state index is 13.2. The van der Waals surface area contributed by atoms with E-state index in [1.807, 2.05) is 18.2 Å². The summed E-state index contributed by atoms with van der Waals surface area (Å²) in [6, 6.07) is 6.49. The lowest BCUT2D eigenvalue weighted by molar-refractivity contribution is -0.135. The Morgan fingerprint density at radius 3 is 2.61 bits per heavy atom. The number of nitrogens with zero attached hydrogens (tertiary/aromatic N) is 1. The van der Waals surface area contributed by atoms with Crippen molar-refractivity contribution in [1.29, 1.82) is 0 Å². The molecule has 3 rings (SSSR count). The molecule has 0 aromatic heterocycles. The van der Waals surface area contributed by atoms with Gasteiger partial charge in [0.05, 0.1) is 17.6 Å². The van der Waals surface area contributed by atoms with Crippen LogP contribution < -0.4 is 10.1 Å². The monoisotopic (exact) mass is 344 g/mol. The number of likely N-dealkylation sites (tertiary alicyclic amines) is 1. The van der Waals surface area contributed by atoms with Gasteiger partial charge in [-0.1, -0.05) is 23.7 Å². The highest BCUT2D eigenvalue weighted by Crippen LogP contribution is 2.29. The van der Waals surface area contributed by atoms with Gasteiger partial charge in [-0.3, -0.25) is 10.1 Å². The molecule has 126 valence electrons. The van der Waals surface area contributed by atoms with Gasteiger partial charge in [-0.25, -0.2) is 8.78 Å². The number of hydrogen-bond donors (Lipinski definition) is 1. The maximum Gasteiger partial charge on any atom is 0.262 e. The highest BCUT2D eigenvalue weighted by Gasteiger charge is 2.43. The van der Waals surface area contributed by atoms with Gasteiger partial charge in [-0.2, -0.15) is 0 Å². The normalized spacial score (nSPS) is 24.7. The zero-order valence-corrected chi connectivity index (χ0v) is 13.4. The Morgan fingerprint density at radius 2 is 2.00 bits per heavy atom. The van der Waals surface area contributed by atoms with Crippen molar-refractivity contribution in [3.63, 3.8) is 0 Å². The summed E-state index contributed by atoms with van der Waals surface area (Å²) in [7, 11) is 0. The van der Waals surface area contributed by atoms with Crippen molar-refractivity contribution in [3.8, 4) is 5.75 Å². The molecule has 2 fully saturated rings. The van der Waals surface area contributed by atoms with Crippen LogP contribution in [0.25, 0.3) is 0 Å². The summed E-state index contributed by atoms with van der Waals surface area (Å²) in [6.07, 6.45) is 0.902. The fraction of sp³-hybridized carbons (Fsp3) is 0.562. The van der Waals surface area contributed by atoms with Crippen LogP contribution in [-0.4, -0.2) is 48.5 Å². The van der Waals surface area contributed by atoms with Crippen LogP contribution in [0, 0.1) is 0 Å². The third-order valence-electron chi connectivity index (χ3n) is 4.29. The van der Waals surface area contributed by atoms with Crippen LogP contribution in [0.15, 0.2) is 24.3 Å². The predicted molar refractivity (Wildman–Crippen MR) is 83.0 cm³/mol. The lowest BCUT2D eigenvalue weighted by atomic mass is 10.1. The molecule has 2 aliphatic rings. The minimum atomic E-state index is -2.79. The molecule has 0 saturated carbocycles. The lowest BCUT2D eigenvalue weighted by Crippen LogP contribution is -2.48. The van der Waals surface area contributed by atoms with Crippen LogP contribution >= 0.6 is 11.6 Å². The van der Waals surface area contributed by atoms with E-state index >= 15 is 0 Å². The van der Waals surface area contributed by atoms with Crippen molar-refractivity contribution >= 4 is 17.5 Å². The molecule has 4 nitrogen and oxygen atoms in total. The Morgan fingerprint density at radius 1 is 1.30 bits per heavy atom. The van der Waals surface area contributed by atoms with E-state index in [0.29, 0.717) is 36.7 Å².